The van der Waals surface area contributed by atoms with Gasteiger partial charge in [0.25, 0.3) is 5.91 Å². The van der Waals surface area contributed by atoms with Crippen LogP contribution in [-0.2, 0) is 15.8 Å². The van der Waals surface area contributed by atoms with Gasteiger partial charge < -0.3 is 40.3 Å². The maximum absolute atomic E-state index is 14.6. The summed E-state index contributed by atoms with van der Waals surface area (Å²) in [4.78, 5) is 56.3. The largest absolute Gasteiger partial charge is 0.547 e. The number of para-hydroxylation sites is 1. The van der Waals surface area contributed by atoms with Gasteiger partial charge in [-0.3, -0.25) is 14.2 Å². The molecule has 0 unspecified atom stereocenters. The van der Waals surface area contributed by atoms with Crippen LogP contribution < -0.4 is 20.6 Å². The van der Waals surface area contributed by atoms with Gasteiger partial charge in [-0.15, -0.1) is 0 Å². The van der Waals surface area contributed by atoms with Crippen LogP contribution in [0.25, 0.3) is 0 Å². The van der Waals surface area contributed by atoms with Crippen LogP contribution in [0.15, 0.2) is 54.6 Å². The molecule has 2 amide bonds. The number of phenolic OH excluding ortho intramolecular Hbond substituents is 1. The van der Waals surface area contributed by atoms with E-state index in [0.29, 0.717) is 17.7 Å². The Balaban J connectivity index is 1.66. The Hall–Kier alpha value is -4.30. The molecule has 2 atom stereocenters. The lowest BCUT2D eigenvalue weighted by Gasteiger charge is -2.30. The first kappa shape index (κ1) is 28.7. The second-order valence-corrected chi connectivity index (χ2v) is 10.3. The van der Waals surface area contributed by atoms with E-state index in [1.165, 1.54) is 18.2 Å². The van der Waals surface area contributed by atoms with Gasteiger partial charge in [-0.2, -0.15) is 0 Å². The van der Waals surface area contributed by atoms with Gasteiger partial charge in [0.1, 0.15) is 29.2 Å². The molecular formula is C24H20BF2N2O10P. The van der Waals surface area contributed by atoms with E-state index in [1.807, 2.05) is 0 Å². The fraction of sp³-hybridized carbons (Fsp3) is 0.125. The highest BCUT2D eigenvalue weighted by molar-refractivity contribution is 7.60. The summed E-state index contributed by atoms with van der Waals surface area (Å²) in [5, 5.41) is 32.9. The summed E-state index contributed by atoms with van der Waals surface area (Å²) in [7, 11) is -6.76. The number of fused-ring (bicyclic) bond motifs is 1. The summed E-state index contributed by atoms with van der Waals surface area (Å²) < 4.78 is 45.7. The molecule has 1 aliphatic heterocycles. The molecule has 0 spiro atoms. The number of aromatic carboxylic acids is 1. The fourth-order valence-electron chi connectivity index (χ4n) is 4.12. The van der Waals surface area contributed by atoms with Crippen molar-refractivity contribution in [2.45, 2.75) is 18.4 Å². The number of hydrogen-bond donors (Lipinski definition) is 7. The summed E-state index contributed by atoms with van der Waals surface area (Å²) >= 11 is 0. The summed E-state index contributed by atoms with van der Waals surface area (Å²) in [6.07, 6.45) is -0.109. The number of amides is 2. The van der Waals surface area contributed by atoms with Crippen molar-refractivity contribution in [2.75, 3.05) is 0 Å². The highest BCUT2D eigenvalue weighted by Crippen LogP contribution is 2.35. The molecule has 0 saturated carbocycles. The molecule has 0 fully saturated rings. The number of halogens is 2. The van der Waals surface area contributed by atoms with E-state index in [-0.39, 0.29) is 23.3 Å². The zero-order chi connectivity index (χ0) is 29.4. The third-order valence-electron chi connectivity index (χ3n) is 6.03. The number of carboxylic acids is 1. The molecule has 0 aliphatic carbocycles. The first-order valence-electron chi connectivity index (χ1n) is 11.4. The number of rotatable bonds is 7. The van der Waals surface area contributed by atoms with Crippen LogP contribution in [0.1, 0.15) is 37.9 Å². The Kier molecular flexibility index (Phi) is 7.94. The molecule has 1 heterocycles. The highest BCUT2D eigenvalue weighted by Gasteiger charge is 2.39. The number of aromatic hydroxyl groups is 1. The van der Waals surface area contributed by atoms with Crippen molar-refractivity contribution >= 4 is 37.8 Å². The Bertz CT molecular complexity index is 1570. The van der Waals surface area contributed by atoms with Crippen LogP contribution in [0.3, 0.4) is 0 Å². The maximum Gasteiger partial charge on any atom is 0.547 e. The smallest absolute Gasteiger partial charge is 0.534 e. The van der Waals surface area contributed by atoms with Gasteiger partial charge >= 0.3 is 20.7 Å². The molecule has 16 heteroatoms. The first-order valence-corrected chi connectivity index (χ1v) is 13.0. The molecule has 3 aromatic carbocycles. The van der Waals surface area contributed by atoms with Gasteiger partial charge in [-0.05, 0) is 47.9 Å². The lowest BCUT2D eigenvalue weighted by molar-refractivity contribution is -0.123. The Morgan fingerprint density at radius 2 is 1.75 bits per heavy atom. The Morgan fingerprint density at radius 3 is 2.38 bits per heavy atom. The number of phenols is 1. The first-order chi connectivity index (χ1) is 18.8. The topological polar surface area (TPSA) is 203 Å². The SMILES string of the molecule is O=C(N[C@@H](C(=O)N[C@H]1Cc2cccc(C(=O)O)c2OB1O)c1ccc(P(=O)(O)O)c(F)c1)c1ccc(O)cc1F. The molecular weight excluding hydrogens is 556 g/mol. The van der Waals surface area contributed by atoms with Crippen molar-refractivity contribution in [3.8, 4) is 11.5 Å². The van der Waals surface area contributed by atoms with E-state index in [1.54, 1.807) is 0 Å². The fourth-order valence-corrected chi connectivity index (χ4v) is 4.73. The number of hydrogen-bond acceptors (Lipinski definition) is 7. The molecule has 0 aromatic heterocycles. The predicted octanol–water partition coefficient (Wildman–Crippen LogP) is 0.782. The number of carbonyl (C=O) groups excluding carboxylic acids is 2. The zero-order valence-electron chi connectivity index (χ0n) is 20.1. The Morgan fingerprint density at radius 1 is 1.02 bits per heavy atom. The second-order valence-electron chi connectivity index (χ2n) is 8.75. The summed E-state index contributed by atoms with van der Waals surface area (Å²) in [6.45, 7) is 0. The average molecular weight is 576 g/mol. The molecule has 7 N–H and O–H groups in total. The molecule has 208 valence electrons. The summed E-state index contributed by atoms with van der Waals surface area (Å²) in [5.74, 6) is -7.81. The zero-order valence-corrected chi connectivity index (χ0v) is 21.0. The van der Waals surface area contributed by atoms with Gasteiger partial charge in [0.15, 0.2) is 0 Å². The second kappa shape index (κ2) is 11.1. The third-order valence-corrected chi connectivity index (χ3v) is 7.02. The standard InChI is InChI=1S/C24H20BF2N2O10P/c26-16-10-13(30)5-6-14(16)22(31)29-20(11-4-7-18(17(27)8-11)40(36,37)38)23(32)28-19-9-12-2-1-3-15(24(33)34)21(12)39-25(19)35/h1-8,10,19-20,30,35H,9H2,(H,28,32)(H,29,31)(H,33,34)(H2,36,37,38)/t19-,20+/m0/s1. The van der Waals surface area contributed by atoms with E-state index in [9.17, 15) is 52.8 Å². The molecule has 0 bridgehead atoms. The predicted molar refractivity (Wildman–Crippen MR) is 134 cm³/mol. The van der Waals surface area contributed by atoms with Crippen molar-refractivity contribution in [3.05, 3.63) is 88.5 Å². The van der Waals surface area contributed by atoms with Crippen LogP contribution in [0.4, 0.5) is 8.78 Å². The lowest BCUT2D eigenvalue weighted by atomic mass is 9.72. The monoisotopic (exact) mass is 576 g/mol. The minimum atomic E-state index is -5.02. The molecule has 1 aliphatic rings. The van der Waals surface area contributed by atoms with E-state index in [0.717, 1.165) is 24.3 Å². The molecule has 0 radical (unpaired) electrons. The third kappa shape index (κ3) is 5.97. The van der Waals surface area contributed by atoms with Gasteiger partial charge in [0.2, 0.25) is 5.91 Å². The highest BCUT2D eigenvalue weighted by atomic mass is 31.2. The number of benzene rings is 3. The van der Waals surface area contributed by atoms with E-state index < -0.39 is 72.7 Å². The molecule has 4 rings (SSSR count). The number of nitrogens with one attached hydrogen (secondary N) is 2. The lowest BCUT2D eigenvalue weighted by Crippen LogP contribution is -2.55. The van der Waals surface area contributed by atoms with Crippen molar-refractivity contribution < 1.29 is 57.4 Å². The van der Waals surface area contributed by atoms with Crippen molar-refractivity contribution in [1.29, 1.82) is 0 Å². The molecule has 40 heavy (non-hydrogen) atoms. The molecule has 3 aromatic rings. The van der Waals surface area contributed by atoms with E-state index in [2.05, 4.69) is 10.6 Å². The van der Waals surface area contributed by atoms with Gasteiger partial charge in [0.05, 0.1) is 22.4 Å². The van der Waals surface area contributed by atoms with Crippen molar-refractivity contribution in [2.24, 2.45) is 0 Å². The van der Waals surface area contributed by atoms with Gasteiger partial charge in [-0.25, -0.2) is 13.6 Å². The van der Waals surface area contributed by atoms with Crippen LogP contribution in [0, 0.1) is 11.6 Å². The summed E-state index contributed by atoms with van der Waals surface area (Å²) in [5.41, 5.74) is -0.763. The van der Waals surface area contributed by atoms with Crippen molar-refractivity contribution in [3.63, 3.8) is 0 Å². The maximum atomic E-state index is 14.6. The van der Waals surface area contributed by atoms with E-state index >= 15 is 0 Å². The minimum absolute atomic E-state index is 0.101. The minimum Gasteiger partial charge on any atom is -0.534 e. The van der Waals surface area contributed by atoms with Crippen molar-refractivity contribution in [1.82, 2.24) is 10.6 Å². The number of carbonyl (C=O) groups is 3. The van der Waals surface area contributed by atoms with Gasteiger partial charge in [0, 0.05) is 6.07 Å². The average Bonchev–Trinajstić information content (AvgIpc) is 2.86. The molecule has 12 nitrogen and oxygen atoms in total. The summed E-state index contributed by atoms with van der Waals surface area (Å²) in [6, 6.07) is 7.32. The quantitative estimate of drug-likeness (QED) is 0.156. The van der Waals surface area contributed by atoms with Crippen LogP contribution in [0.2, 0.25) is 0 Å². The number of carboxylic acid groups (broad SMARTS) is 1. The Labute approximate surface area is 224 Å². The van der Waals surface area contributed by atoms with Crippen LogP contribution in [-0.4, -0.2) is 55.9 Å². The van der Waals surface area contributed by atoms with Gasteiger partial charge in [-0.1, -0.05) is 18.2 Å². The normalized spacial score (nSPS) is 15.4. The molecule has 0 saturated heterocycles. The van der Waals surface area contributed by atoms with Crippen LogP contribution >= 0.6 is 7.60 Å². The van der Waals surface area contributed by atoms with E-state index in [4.69, 9.17) is 4.65 Å². The van der Waals surface area contributed by atoms with Crippen LogP contribution in [0.5, 0.6) is 11.5 Å².